The van der Waals surface area contributed by atoms with Crippen LogP contribution >= 0.6 is 0 Å². The molecule has 0 heterocycles. The molecule has 134 valence electrons. The van der Waals surface area contributed by atoms with Gasteiger partial charge in [-0.2, -0.15) is 4.31 Å². The van der Waals surface area contributed by atoms with Gasteiger partial charge in [0.25, 0.3) is 0 Å². The number of hydrogen-bond acceptors (Lipinski definition) is 5. The van der Waals surface area contributed by atoms with Gasteiger partial charge in [-0.1, -0.05) is 12.1 Å². The van der Waals surface area contributed by atoms with Crippen LogP contribution in [0.15, 0.2) is 47.4 Å². The summed E-state index contributed by atoms with van der Waals surface area (Å²) in [6, 6.07) is 9.84. The summed E-state index contributed by atoms with van der Waals surface area (Å²) < 4.78 is 49.4. The normalized spacial score (nSPS) is 11.4. The predicted octanol–water partition coefficient (Wildman–Crippen LogP) is 2.44. The van der Waals surface area contributed by atoms with E-state index in [1.54, 1.807) is 24.3 Å². The highest BCUT2D eigenvalue weighted by Gasteiger charge is 2.22. The minimum absolute atomic E-state index is 0.0278. The minimum atomic E-state index is -3.87. The average Bonchev–Trinajstić information content (AvgIpc) is 2.61. The van der Waals surface area contributed by atoms with Gasteiger partial charge < -0.3 is 9.47 Å². The first kappa shape index (κ1) is 18.9. The summed E-state index contributed by atoms with van der Waals surface area (Å²) in [5.41, 5.74) is 1.04. The van der Waals surface area contributed by atoms with Crippen molar-refractivity contribution < 1.29 is 27.1 Å². The lowest BCUT2D eigenvalue weighted by Gasteiger charge is -2.18. The van der Waals surface area contributed by atoms with Gasteiger partial charge in [0.05, 0.1) is 24.7 Å². The first-order valence-corrected chi connectivity index (χ1v) is 8.70. The third-order valence-corrected chi connectivity index (χ3v) is 5.41. The van der Waals surface area contributed by atoms with Gasteiger partial charge in [0.1, 0.15) is 0 Å². The molecule has 0 N–H and O–H groups in total. The second-order valence-electron chi connectivity index (χ2n) is 5.25. The molecular formula is C17H18FNO5S. The van der Waals surface area contributed by atoms with Gasteiger partial charge in [-0.3, -0.25) is 0 Å². The molecule has 2 aromatic rings. The third kappa shape index (κ3) is 4.15. The van der Waals surface area contributed by atoms with Crippen molar-refractivity contribution in [1.29, 1.82) is 0 Å². The van der Waals surface area contributed by atoms with Crippen LogP contribution in [-0.4, -0.2) is 40.0 Å². The second-order valence-corrected chi connectivity index (χ2v) is 7.29. The Balaban J connectivity index is 2.20. The fourth-order valence-corrected chi connectivity index (χ4v) is 3.37. The zero-order valence-electron chi connectivity index (χ0n) is 14.0. The Morgan fingerprint density at radius 1 is 1.12 bits per heavy atom. The van der Waals surface area contributed by atoms with E-state index in [9.17, 15) is 17.6 Å². The van der Waals surface area contributed by atoms with Crippen LogP contribution in [-0.2, 0) is 21.3 Å². The Labute approximate surface area is 145 Å². The van der Waals surface area contributed by atoms with Crippen LogP contribution in [0.3, 0.4) is 0 Å². The first-order chi connectivity index (χ1) is 11.8. The largest absolute Gasteiger partial charge is 0.494 e. The molecule has 0 aliphatic heterocycles. The van der Waals surface area contributed by atoms with Gasteiger partial charge in [-0.05, 0) is 35.9 Å². The van der Waals surface area contributed by atoms with E-state index in [4.69, 9.17) is 4.74 Å². The molecule has 0 amide bonds. The van der Waals surface area contributed by atoms with Crippen molar-refractivity contribution in [1.82, 2.24) is 4.31 Å². The summed E-state index contributed by atoms with van der Waals surface area (Å²) >= 11 is 0. The number of rotatable bonds is 6. The maximum Gasteiger partial charge on any atom is 0.337 e. The van der Waals surface area contributed by atoms with Crippen LogP contribution in [0.4, 0.5) is 4.39 Å². The Morgan fingerprint density at radius 3 is 2.28 bits per heavy atom. The molecular weight excluding hydrogens is 349 g/mol. The number of carbonyl (C=O) groups excluding carboxylic acids is 1. The molecule has 8 heteroatoms. The molecule has 0 aliphatic carbocycles. The number of ether oxygens (including phenoxy) is 2. The topological polar surface area (TPSA) is 72.9 Å². The molecule has 0 aromatic heterocycles. The lowest BCUT2D eigenvalue weighted by molar-refractivity contribution is 0.0600. The van der Waals surface area contributed by atoms with Crippen LogP contribution in [0.25, 0.3) is 0 Å². The average molecular weight is 367 g/mol. The van der Waals surface area contributed by atoms with Crippen LogP contribution in [0.5, 0.6) is 5.75 Å². The van der Waals surface area contributed by atoms with Crippen molar-refractivity contribution >= 4 is 16.0 Å². The fraction of sp³-hybridized carbons (Fsp3) is 0.235. The van der Waals surface area contributed by atoms with Crippen molar-refractivity contribution in [3.8, 4) is 5.75 Å². The summed E-state index contributed by atoms with van der Waals surface area (Å²) in [7, 11) is 0.110. The molecule has 25 heavy (non-hydrogen) atoms. The molecule has 0 bridgehead atoms. The summed E-state index contributed by atoms with van der Waals surface area (Å²) in [5, 5.41) is 0. The van der Waals surface area contributed by atoms with E-state index in [0.717, 1.165) is 10.4 Å². The summed E-state index contributed by atoms with van der Waals surface area (Å²) in [6.07, 6.45) is 0. The lowest BCUT2D eigenvalue weighted by Crippen LogP contribution is -2.26. The zero-order valence-corrected chi connectivity index (χ0v) is 14.8. The van der Waals surface area contributed by atoms with E-state index in [2.05, 4.69) is 4.74 Å². The molecule has 0 fully saturated rings. The number of methoxy groups -OCH3 is 2. The second kappa shape index (κ2) is 7.62. The number of benzene rings is 2. The van der Waals surface area contributed by atoms with E-state index in [1.165, 1.54) is 33.4 Å². The van der Waals surface area contributed by atoms with Gasteiger partial charge >= 0.3 is 5.97 Å². The highest BCUT2D eigenvalue weighted by Crippen LogP contribution is 2.23. The lowest BCUT2D eigenvalue weighted by atomic mass is 10.1. The van der Waals surface area contributed by atoms with E-state index in [0.29, 0.717) is 11.1 Å². The zero-order chi connectivity index (χ0) is 18.6. The highest BCUT2D eigenvalue weighted by atomic mass is 32.2. The van der Waals surface area contributed by atoms with Crippen molar-refractivity contribution in [3.63, 3.8) is 0 Å². The van der Waals surface area contributed by atoms with E-state index in [1.807, 2.05) is 0 Å². The first-order valence-electron chi connectivity index (χ1n) is 7.26. The summed E-state index contributed by atoms with van der Waals surface area (Å²) in [4.78, 5) is 11.2. The molecule has 0 radical (unpaired) electrons. The highest BCUT2D eigenvalue weighted by molar-refractivity contribution is 7.89. The van der Waals surface area contributed by atoms with Crippen LogP contribution < -0.4 is 4.74 Å². The Kier molecular flexibility index (Phi) is 5.76. The maximum absolute atomic E-state index is 13.8. The Morgan fingerprint density at radius 2 is 1.76 bits per heavy atom. The molecule has 2 aromatic carbocycles. The minimum Gasteiger partial charge on any atom is -0.494 e. The number of hydrogen-bond donors (Lipinski definition) is 0. The molecule has 2 rings (SSSR count). The smallest absolute Gasteiger partial charge is 0.337 e. The molecule has 0 unspecified atom stereocenters. The number of halogens is 1. The van der Waals surface area contributed by atoms with Crippen molar-refractivity contribution in [2.75, 3.05) is 21.3 Å². The summed E-state index contributed by atoms with van der Waals surface area (Å²) in [5.74, 6) is -1.25. The fourth-order valence-electron chi connectivity index (χ4n) is 2.19. The third-order valence-electron chi connectivity index (χ3n) is 3.61. The maximum atomic E-state index is 13.8. The molecule has 0 saturated carbocycles. The SMILES string of the molecule is COC(=O)c1ccc(CN(C)S(=O)(=O)c2ccc(OC)c(F)c2)cc1. The predicted molar refractivity (Wildman–Crippen MR) is 89.4 cm³/mol. The standard InChI is InChI=1S/C17H18FNO5S/c1-19(11-12-4-6-13(7-5-12)17(20)24-3)25(21,22)14-8-9-16(23-2)15(18)10-14/h4-10H,11H2,1-3H3. The monoisotopic (exact) mass is 367 g/mol. The number of nitrogens with zero attached hydrogens (tertiary/aromatic N) is 1. The van der Waals surface area contributed by atoms with Gasteiger partial charge in [0, 0.05) is 13.6 Å². The van der Waals surface area contributed by atoms with Crippen molar-refractivity contribution in [2.45, 2.75) is 11.4 Å². The van der Waals surface area contributed by atoms with Gasteiger partial charge in [0.15, 0.2) is 11.6 Å². The summed E-state index contributed by atoms with van der Waals surface area (Å²) in [6.45, 7) is 0.0669. The number of esters is 1. The van der Waals surface area contributed by atoms with E-state index < -0.39 is 21.8 Å². The van der Waals surface area contributed by atoms with Crippen molar-refractivity contribution in [2.24, 2.45) is 0 Å². The quantitative estimate of drug-likeness (QED) is 0.734. The molecule has 6 nitrogen and oxygen atoms in total. The Hall–Kier alpha value is -2.45. The van der Waals surface area contributed by atoms with E-state index in [-0.39, 0.29) is 17.2 Å². The van der Waals surface area contributed by atoms with Crippen LogP contribution in [0.2, 0.25) is 0 Å². The van der Waals surface area contributed by atoms with Gasteiger partial charge in [-0.15, -0.1) is 0 Å². The Bertz CT molecular complexity index is 865. The molecule has 0 saturated heterocycles. The van der Waals surface area contributed by atoms with Gasteiger partial charge in [0.2, 0.25) is 10.0 Å². The molecule has 0 aliphatic rings. The molecule has 0 spiro atoms. The van der Waals surface area contributed by atoms with Crippen LogP contribution in [0.1, 0.15) is 15.9 Å². The van der Waals surface area contributed by atoms with Crippen LogP contribution in [0, 0.1) is 5.82 Å². The van der Waals surface area contributed by atoms with E-state index >= 15 is 0 Å². The number of carbonyl (C=O) groups is 1. The number of sulfonamides is 1. The van der Waals surface area contributed by atoms with Crippen molar-refractivity contribution in [3.05, 3.63) is 59.4 Å². The molecule has 0 atom stereocenters. The van der Waals surface area contributed by atoms with Gasteiger partial charge in [-0.25, -0.2) is 17.6 Å².